The van der Waals surface area contributed by atoms with Crippen molar-refractivity contribution in [2.24, 2.45) is 0 Å². The Labute approximate surface area is 273 Å². The summed E-state index contributed by atoms with van der Waals surface area (Å²) >= 11 is 0. The molecule has 0 amide bonds. The van der Waals surface area contributed by atoms with Crippen LogP contribution in [0.2, 0.25) is 0 Å². The van der Waals surface area contributed by atoms with Crippen LogP contribution in [0.5, 0.6) is 0 Å². The molecule has 6 rings (SSSR count). The van der Waals surface area contributed by atoms with Crippen molar-refractivity contribution in [1.82, 2.24) is 3.97 Å². The first kappa shape index (κ1) is 31.8. The molecule has 0 radical (unpaired) electrons. The van der Waals surface area contributed by atoms with Gasteiger partial charge in [0, 0.05) is 22.1 Å². The van der Waals surface area contributed by atoms with E-state index in [2.05, 4.69) is 10.9 Å². The van der Waals surface area contributed by atoms with E-state index in [0.717, 1.165) is 34.3 Å². The number of alkyl halides is 2. The third-order valence-electron chi connectivity index (χ3n) is 7.86. The van der Waals surface area contributed by atoms with E-state index in [4.69, 9.17) is 11.3 Å². The van der Waals surface area contributed by atoms with Crippen molar-refractivity contribution in [3.05, 3.63) is 143 Å². The largest absolute Gasteiger partial charge is 0.465 e. The molecule has 0 aliphatic rings. The summed E-state index contributed by atoms with van der Waals surface area (Å²) in [5.41, 5.74) is 2.16. The molecule has 0 spiro atoms. The number of fused-ring (bicyclic) bond motifs is 1. The van der Waals surface area contributed by atoms with E-state index in [1.807, 2.05) is 0 Å². The number of ether oxygens (including phenoxy) is 1. The van der Waals surface area contributed by atoms with Gasteiger partial charge in [0.05, 0.1) is 47.0 Å². The van der Waals surface area contributed by atoms with Gasteiger partial charge in [0.15, 0.2) is 5.69 Å². The molecular formula is C37H22F3N3O4S. The number of nitriles is 1. The van der Waals surface area contributed by atoms with Gasteiger partial charge in [-0.3, -0.25) is 0 Å². The first-order valence-electron chi connectivity index (χ1n) is 14.3. The molecular weight excluding hydrogens is 639 g/mol. The highest BCUT2D eigenvalue weighted by molar-refractivity contribution is 7.90. The van der Waals surface area contributed by atoms with Crippen LogP contribution in [0.15, 0.2) is 114 Å². The van der Waals surface area contributed by atoms with E-state index in [9.17, 15) is 31.6 Å². The summed E-state index contributed by atoms with van der Waals surface area (Å²) in [5.74, 6) is -1.28. The molecule has 11 heteroatoms. The van der Waals surface area contributed by atoms with Crippen molar-refractivity contribution in [2.45, 2.75) is 11.3 Å². The van der Waals surface area contributed by atoms with E-state index in [0.29, 0.717) is 22.3 Å². The average molecular weight is 662 g/mol. The molecule has 236 valence electrons. The molecule has 1 heterocycles. The Morgan fingerprint density at radius 2 is 1.62 bits per heavy atom. The Morgan fingerprint density at radius 1 is 0.896 bits per heavy atom. The Kier molecular flexibility index (Phi) is 8.32. The van der Waals surface area contributed by atoms with Crippen LogP contribution in [0.3, 0.4) is 0 Å². The van der Waals surface area contributed by atoms with Crippen molar-refractivity contribution < 1.29 is 31.1 Å². The predicted octanol–water partition coefficient (Wildman–Crippen LogP) is 9.17. The molecule has 1 aromatic heterocycles. The Hall–Kier alpha value is -6.17. The number of carbonyl (C=O) groups is 1. The predicted molar refractivity (Wildman–Crippen MR) is 175 cm³/mol. The van der Waals surface area contributed by atoms with Gasteiger partial charge in [-0.25, -0.2) is 35.2 Å². The van der Waals surface area contributed by atoms with Crippen LogP contribution in [-0.2, 0) is 14.8 Å². The topological polar surface area (TPSA) is 93.5 Å². The molecule has 0 saturated heterocycles. The minimum atomic E-state index is -4.55. The lowest BCUT2D eigenvalue weighted by atomic mass is 9.93. The lowest BCUT2D eigenvalue weighted by Crippen LogP contribution is -2.14. The van der Waals surface area contributed by atoms with Crippen molar-refractivity contribution >= 4 is 32.6 Å². The minimum absolute atomic E-state index is 0.0798. The highest BCUT2D eigenvalue weighted by Gasteiger charge is 2.30. The van der Waals surface area contributed by atoms with E-state index in [1.54, 1.807) is 54.6 Å². The average Bonchev–Trinajstić information content (AvgIpc) is 3.45. The van der Waals surface area contributed by atoms with Crippen molar-refractivity contribution in [2.75, 3.05) is 7.11 Å². The highest BCUT2D eigenvalue weighted by Crippen LogP contribution is 2.46. The molecule has 0 atom stereocenters. The fourth-order valence-electron chi connectivity index (χ4n) is 5.66. The number of esters is 1. The summed E-state index contributed by atoms with van der Waals surface area (Å²) in [6, 6.07) is 27.5. The van der Waals surface area contributed by atoms with E-state index in [1.165, 1.54) is 31.4 Å². The fourth-order valence-corrected chi connectivity index (χ4v) is 7.21. The molecule has 0 N–H and O–H groups in total. The second kappa shape index (κ2) is 12.6. The number of aromatic nitrogens is 1. The van der Waals surface area contributed by atoms with Gasteiger partial charge in [0.1, 0.15) is 5.82 Å². The van der Waals surface area contributed by atoms with Gasteiger partial charge in [-0.05, 0) is 65.2 Å². The molecule has 0 aliphatic carbocycles. The standard InChI is InChI=1S/C37H22F3N3O4S/c1-42-32-9-4-3-8-30(32)34-31-20-27(38)13-17-33(31)43(48(45,46)28-14-10-22(11-15-28)36(39)40)35(34)24-7-5-6-23(18-24)29-16-12-25(37(44)47-2)19-26(29)21-41/h3-20,36H,2H3. The Balaban J connectivity index is 1.71. The van der Waals surface area contributed by atoms with Gasteiger partial charge < -0.3 is 4.74 Å². The quantitative estimate of drug-likeness (QED) is 0.126. The SMILES string of the molecule is [C-]#[N+]c1ccccc1-c1c(-c2cccc(-c3ccc(C(=O)OC)cc3C#N)c2)n(S(=O)(=O)c2ccc(C(F)F)cc2)c2ccc(F)cc12. The monoisotopic (exact) mass is 661 g/mol. The van der Waals surface area contributed by atoms with Crippen molar-refractivity contribution in [3.8, 4) is 39.6 Å². The Bertz CT molecular complexity index is 2440. The van der Waals surface area contributed by atoms with Crippen molar-refractivity contribution in [1.29, 1.82) is 5.26 Å². The van der Waals surface area contributed by atoms with E-state index in [-0.39, 0.29) is 49.4 Å². The smallest absolute Gasteiger partial charge is 0.337 e. The Morgan fingerprint density at radius 3 is 2.31 bits per heavy atom. The first-order chi connectivity index (χ1) is 23.1. The number of rotatable bonds is 7. The number of methoxy groups -OCH3 is 1. The lowest BCUT2D eigenvalue weighted by Gasteiger charge is -2.16. The van der Waals surface area contributed by atoms with Crippen LogP contribution in [0.25, 0.3) is 49.3 Å². The summed E-state index contributed by atoms with van der Waals surface area (Å²) in [5, 5.41) is 10.1. The van der Waals surface area contributed by atoms with Crippen LogP contribution in [-0.4, -0.2) is 25.5 Å². The van der Waals surface area contributed by atoms with Crippen molar-refractivity contribution in [3.63, 3.8) is 0 Å². The number of halogens is 3. The molecule has 6 aromatic rings. The third kappa shape index (κ3) is 5.46. The molecule has 5 aromatic carbocycles. The zero-order valence-corrected chi connectivity index (χ0v) is 25.8. The summed E-state index contributed by atoms with van der Waals surface area (Å²) in [6.07, 6.45) is -2.81. The maximum Gasteiger partial charge on any atom is 0.337 e. The molecule has 0 saturated carbocycles. The maximum atomic E-state index is 14.9. The highest BCUT2D eigenvalue weighted by atomic mass is 32.2. The molecule has 0 fully saturated rings. The van der Waals surface area contributed by atoms with Crippen LogP contribution in [0, 0.1) is 23.7 Å². The van der Waals surface area contributed by atoms with E-state index >= 15 is 0 Å². The summed E-state index contributed by atoms with van der Waals surface area (Å²) in [4.78, 5) is 15.5. The number of para-hydroxylation sites is 1. The molecule has 48 heavy (non-hydrogen) atoms. The van der Waals surface area contributed by atoms with E-state index < -0.39 is 28.2 Å². The third-order valence-corrected chi connectivity index (χ3v) is 9.59. The van der Waals surface area contributed by atoms with Crippen LogP contribution in [0.1, 0.15) is 27.9 Å². The zero-order valence-electron chi connectivity index (χ0n) is 25.0. The summed E-state index contributed by atoms with van der Waals surface area (Å²) in [6.45, 7) is 7.83. The number of hydrogen-bond donors (Lipinski definition) is 0. The normalized spacial score (nSPS) is 11.3. The second-order valence-corrected chi connectivity index (χ2v) is 12.4. The fraction of sp³-hybridized carbons (Fsp3) is 0.0541. The minimum Gasteiger partial charge on any atom is -0.465 e. The summed E-state index contributed by atoms with van der Waals surface area (Å²) in [7, 11) is -3.32. The number of carbonyl (C=O) groups excluding carboxylic acids is 1. The van der Waals surface area contributed by atoms with Gasteiger partial charge in [-0.1, -0.05) is 60.7 Å². The molecule has 0 unspecified atom stereocenters. The maximum absolute atomic E-state index is 14.9. The van der Waals surface area contributed by atoms with Gasteiger partial charge >= 0.3 is 5.97 Å². The number of benzene rings is 5. The second-order valence-electron chi connectivity index (χ2n) is 10.6. The van der Waals surface area contributed by atoms with Gasteiger partial charge in [0.25, 0.3) is 16.4 Å². The van der Waals surface area contributed by atoms with Gasteiger partial charge in [-0.2, -0.15) is 5.26 Å². The lowest BCUT2D eigenvalue weighted by molar-refractivity contribution is 0.0600. The molecule has 7 nitrogen and oxygen atoms in total. The number of nitrogens with zero attached hydrogens (tertiary/aromatic N) is 3. The molecule has 0 bridgehead atoms. The summed E-state index contributed by atoms with van der Waals surface area (Å²) < 4.78 is 76.5. The van der Waals surface area contributed by atoms with Crippen LogP contribution < -0.4 is 0 Å². The first-order valence-corrected chi connectivity index (χ1v) is 15.7. The van der Waals surface area contributed by atoms with Crippen LogP contribution in [0.4, 0.5) is 18.9 Å². The zero-order chi connectivity index (χ0) is 34.2. The molecule has 0 aliphatic heterocycles. The van der Waals surface area contributed by atoms with Gasteiger partial charge in [0.2, 0.25) is 0 Å². The van der Waals surface area contributed by atoms with Crippen LogP contribution >= 0.6 is 0 Å². The number of hydrogen-bond acceptors (Lipinski definition) is 5. The van der Waals surface area contributed by atoms with Gasteiger partial charge in [-0.15, -0.1) is 0 Å².